The van der Waals surface area contributed by atoms with Gasteiger partial charge in [-0.05, 0) is 5.41 Å². The van der Waals surface area contributed by atoms with Crippen LogP contribution in [0.25, 0.3) is 0 Å². The van der Waals surface area contributed by atoms with Crippen molar-refractivity contribution in [3.05, 3.63) is 11.6 Å². The maximum atomic E-state index is 2.14. The van der Waals surface area contributed by atoms with Crippen LogP contribution in [-0.4, -0.2) is 17.8 Å². The second kappa shape index (κ2) is 2.91. The highest BCUT2D eigenvalue weighted by Crippen LogP contribution is 2.11. The molecule has 0 aromatic rings. The Bertz CT molecular complexity index is 74.1. The molecular weight excluding hydrogens is 113 g/mol. The van der Waals surface area contributed by atoms with Crippen molar-refractivity contribution in [3.63, 3.8) is 0 Å². The highest BCUT2D eigenvalue weighted by atomic mass is 32.2. The lowest BCUT2D eigenvalue weighted by Crippen LogP contribution is -2.02. The summed E-state index contributed by atoms with van der Waals surface area (Å²) in [6, 6.07) is 0. The second-order valence-corrected chi connectivity index (χ2v) is 2.20. The van der Waals surface area contributed by atoms with Gasteiger partial charge in [-0.25, -0.2) is 0 Å². The summed E-state index contributed by atoms with van der Waals surface area (Å²) in [6.45, 7) is 0. The molecule has 42 valence electrons. The quantitative estimate of drug-likeness (QED) is 0.474. The molecule has 1 rings (SSSR count). The molecule has 0 atom stereocenters. The van der Waals surface area contributed by atoms with Crippen LogP contribution in [0.15, 0.2) is 11.6 Å². The molecule has 0 saturated heterocycles. The SMILES string of the molecule is CN1C=CSC1.F. The Kier molecular flexibility index (Phi) is 2.83. The maximum absolute atomic E-state index is 2.14. The van der Waals surface area contributed by atoms with Gasteiger partial charge in [-0.2, -0.15) is 0 Å². The largest absolute Gasteiger partial charge is 0.370 e. The van der Waals surface area contributed by atoms with Crippen molar-refractivity contribution in [2.24, 2.45) is 0 Å². The Balaban J connectivity index is 0.000000360. The lowest BCUT2D eigenvalue weighted by molar-refractivity contribution is 0.552. The fourth-order valence-electron chi connectivity index (χ4n) is 0.351. The molecule has 0 aromatic carbocycles. The first-order valence-electron chi connectivity index (χ1n) is 1.88. The van der Waals surface area contributed by atoms with E-state index in [-0.39, 0.29) is 4.70 Å². The zero-order valence-corrected chi connectivity index (χ0v) is 4.94. The second-order valence-electron chi connectivity index (χ2n) is 1.34. The van der Waals surface area contributed by atoms with Gasteiger partial charge in [0, 0.05) is 13.2 Å². The van der Waals surface area contributed by atoms with E-state index in [9.17, 15) is 0 Å². The summed E-state index contributed by atoms with van der Waals surface area (Å²) < 4.78 is 0. The van der Waals surface area contributed by atoms with Gasteiger partial charge in [-0.15, -0.1) is 11.8 Å². The minimum absolute atomic E-state index is 0. The summed E-state index contributed by atoms with van der Waals surface area (Å²) in [4.78, 5) is 2.14. The van der Waals surface area contributed by atoms with Gasteiger partial charge in [0.15, 0.2) is 0 Å². The number of nitrogens with zero attached hydrogens (tertiary/aromatic N) is 1. The van der Waals surface area contributed by atoms with E-state index in [1.807, 2.05) is 11.8 Å². The summed E-state index contributed by atoms with van der Waals surface area (Å²) >= 11 is 1.83. The molecular formula is C4H8FNS. The minimum Gasteiger partial charge on any atom is -0.370 e. The van der Waals surface area contributed by atoms with Crippen LogP contribution in [-0.2, 0) is 0 Å². The van der Waals surface area contributed by atoms with Crippen LogP contribution in [0.4, 0.5) is 4.70 Å². The summed E-state index contributed by atoms with van der Waals surface area (Å²) in [5.41, 5.74) is 0. The van der Waals surface area contributed by atoms with E-state index >= 15 is 0 Å². The summed E-state index contributed by atoms with van der Waals surface area (Å²) in [7, 11) is 2.07. The molecule has 0 aliphatic carbocycles. The average Bonchev–Trinajstić information content (AvgIpc) is 1.86. The van der Waals surface area contributed by atoms with Crippen LogP contribution in [0.2, 0.25) is 0 Å². The number of thioether (sulfide) groups is 1. The number of rotatable bonds is 0. The standard InChI is InChI=1S/C4H7NS.FH/c1-5-2-3-6-4-5;/h2-3H,4H2,1H3;1H. The fraction of sp³-hybridized carbons (Fsp3) is 0.500. The summed E-state index contributed by atoms with van der Waals surface area (Å²) in [6.07, 6.45) is 2.07. The molecule has 0 N–H and O–H groups in total. The van der Waals surface area contributed by atoms with Crippen LogP contribution in [0.5, 0.6) is 0 Å². The molecule has 7 heavy (non-hydrogen) atoms. The third-order valence-electron chi connectivity index (χ3n) is 0.690. The lowest BCUT2D eigenvalue weighted by Gasteiger charge is -2.01. The zero-order chi connectivity index (χ0) is 4.41. The third kappa shape index (κ3) is 1.83. The fourth-order valence-corrected chi connectivity index (χ4v) is 1.05. The van der Waals surface area contributed by atoms with Gasteiger partial charge in [0.05, 0.1) is 5.88 Å². The molecule has 1 nitrogen and oxygen atoms in total. The first-order chi connectivity index (χ1) is 2.89. The number of halogens is 1. The molecule has 0 fully saturated rings. The van der Waals surface area contributed by atoms with Crippen LogP contribution < -0.4 is 0 Å². The number of hydrogen-bond acceptors (Lipinski definition) is 2. The molecule has 0 unspecified atom stereocenters. The van der Waals surface area contributed by atoms with Gasteiger partial charge >= 0.3 is 0 Å². The molecule has 0 radical (unpaired) electrons. The van der Waals surface area contributed by atoms with Crippen molar-refractivity contribution >= 4 is 11.8 Å². The van der Waals surface area contributed by atoms with Crippen molar-refractivity contribution in [1.82, 2.24) is 4.90 Å². The molecule has 0 saturated carbocycles. The maximum Gasteiger partial charge on any atom is 0.0671 e. The Morgan fingerprint density at radius 1 is 1.71 bits per heavy atom. The normalized spacial score (nSPS) is 17.0. The van der Waals surface area contributed by atoms with Crippen molar-refractivity contribution in [2.45, 2.75) is 0 Å². The topological polar surface area (TPSA) is 3.24 Å². The van der Waals surface area contributed by atoms with Gasteiger partial charge in [-0.3, -0.25) is 4.70 Å². The molecule has 0 bridgehead atoms. The average molecular weight is 121 g/mol. The van der Waals surface area contributed by atoms with Crippen LogP contribution >= 0.6 is 11.8 Å². The van der Waals surface area contributed by atoms with Gasteiger partial charge in [0.2, 0.25) is 0 Å². The van der Waals surface area contributed by atoms with E-state index in [0.717, 1.165) is 5.88 Å². The first-order valence-corrected chi connectivity index (χ1v) is 2.93. The van der Waals surface area contributed by atoms with E-state index in [2.05, 4.69) is 23.6 Å². The lowest BCUT2D eigenvalue weighted by atomic mass is 10.9. The highest BCUT2D eigenvalue weighted by Gasteiger charge is 1.93. The summed E-state index contributed by atoms with van der Waals surface area (Å²) in [5, 5.41) is 2.10. The van der Waals surface area contributed by atoms with Crippen molar-refractivity contribution < 1.29 is 4.70 Å². The Morgan fingerprint density at radius 2 is 2.43 bits per heavy atom. The van der Waals surface area contributed by atoms with Gasteiger partial charge in [0.1, 0.15) is 0 Å². The molecule has 1 heterocycles. The van der Waals surface area contributed by atoms with Crippen LogP contribution in [0.1, 0.15) is 0 Å². The number of hydrogen-bond donors (Lipinski definition) is 0. The van der Waals surface area contributed by atoms with E-state index in [1.54, 1.807) is 0 Å². The van der Waals surface area contributed by atoms with Crippen LogP contribution in [0, 0.1) is 0 Å². The highest BCUT2D eigenvalue weighted by molar-refractivity contribution is 8.02. The molecule has 0 aromatic heterocycles. The zero-order valence-electron chi connectivity index (χ0n) is 4.13. The van der Waals surface area contributed by atoms with E-state index in [4.69, 9.17) is 0 Å². The van der Waals surface area contributed by atoms with E-state index in [0.29, 0.717) is 0 Å². The molecule has 1 aliphatic heterocycles. The smallest absolute Gasteiger partial charge is 0.0671 e. The van der Waals surface area contributed by atoms with Gasteiger partial charge in [0.25, 0.3) is 0 Å². The van der Waals surface area contributed by atoms with E-state index in [1.165, 1.54) is 0 Å². The summed E-state index contributed by atoms with van der Waals surface area (Å²) in [5.74, 6) is 1.12. The van der Waals surface area contributed by atoms with E-state index < -0.39 is 0 Å². The van der Waals surface area contributed by atoms with Gasteiger partial charge in [-0.1, -0.05) is 0 Å². The van der Waals surface area contributed by atoms with Crippen molar-refractivity contribution in [1.29, 1.82) is 0 Å². The molecule has 3 heteroatoms. The van der Waals surface area contributed by atoms with Gasteiger partial charge < -0.3 is 4.90 Å². The third-order valence-corrected chi connectivity index (χ3v) is 1.56. The molecule has 0 amide bonds. The predicted molar refractivity (Wildman–Crippen MR) is 31.9 cm³/mol. The predicted octanol–water partition coefficient (Wildman–Crippen LogP) is 1.25. The Morgan fingerprint density at radius 3 is 2.57 bits per heavy atom. The Hall–Kier alpha value is -0.180. The minimum atomic E-state index is 0. The first kappa shape index (κ1) is 6.82. The molecule has 0 spiro atoms. The Labute approximate surface area is 46.8 Å². The monoisotopic (exact) mass is 121 g/mol. The van der Waals surface area contributed by atoms with Crippen LogP contribution in [0.3, 0.4) is 0 Å². The van der Waals surface area contributed by atoms with Crippen molar-refractivity contribution in [3.8, 4) is 0 Å². The van der Waals surface area contributed by atoms with Crippen molar-refractivity contribution in [2.75, 3.05) is 12.9 Å². The molecule has 1 aliphatic rings.